The molecular formula is C49H54N14O7. The Labute approximate surface area is 407 Å². The van der Waals surface area contributed by atoms with E-state index in [0.717, 1.165) is 43.4 Å². The van der Waals surface area contributed by atoms with Gasteiger partial charge in [0.2, 0.25) is 5.91 Å². The van der Waals surface area contributed by atoms with Crippen molar-refractivity contribution in [3.05, 3.63) is 84.7 Å². The Morgan fingerprint density at radius 2 is 1.17 bits per heavy atom. The molecule has 6 aromatic rings. The van der Waals surface area contributed by atoms with Crippen molar-refractivity contribution in [2.24, 2.45) is 31.8 Å². The quantitative estimate of drug-likeness (QED) is 0.0688. The van der Waals surface area contributed by atoms with E-state index in [9.17, 15) is 24.0 Å². The number of ketones is 2. The first-order valence-electron chi connectivity index (χ1n) is 24.5. The van der Waals surface area contributed by atoms with E-state index in [0.29, 0.717) is 68.9 Å². The van der Waals surface area contributed by atoms with Gasteiger partial charge in [0, 0.05) is 75.5 Å². The van der Waals surface area contributed by atoms with Crippen LogP contribution >= 0.6 is 0 Å². The molecule has 4 N–H and O–H groups in total. The molecule has 10 rings (SSSR count). The van der Waals surface area contributed by atoms with Crippen molar-refractivity contribution in [3.8, 4) is 34.3 Å². The summed E-state index contributed by atoms with van der Waals surface area (Å²) in [6, 6.07) is 12.8. The Balaban J connectivity index is 0.000000180. The normalized spacial score (nSPS) is 16.1. The molecule has 4 aliphatic rings. The van der Waals surface area contributed by atoms with Crippen LogP contribution in [-0.4, -0.2) is 112 Å². The van der Waals surface area contributed by atoms with Crippen LogP contribution in [0, 0.1) is 17.8 Å². The van der Waals surface area contributed by atoms with Gasteiger partial charge in [0.15, 0.2) is 34.7 Å². The number of amides is 5. The monoisotopic (exact) mass is 953 g/mol. The summed E-state index contributed by atoms with van der Waals surface area (Å²) < 4.78 is 37.2. The molecule has 0 unspecified atom stereocenters. The molecule has 4 aromatic heterocycles. The summed E-state index contributed by atoms with van der Waals surface area (Å²) in [4.78, 5) is 83.7. The smallest absolute Gasteiger partial charge is 0.331 e. The van der Waals surface area contributed by atoms with Crippen LogP contribution in [0.5, 0.6) is 11.5 Å². The number of rotatable bonds is 16. The zero-order valence-corrected chi connectivity index (χ0v) is 39.2. The van der Waals surface area contributed by atoms with Crippen LogP contribution in [0.15, 0.2) is 73.6 Å². The molecular weight excluding hydrogens is 897 g/mol. The number of nitrogens with zero attached hydrogens (tertiary/aromatic N) is 10. The zero-order chi connectivity index (χ0) is 51.7. The van der Waals surface area contributed by atoms with E-state index in [-0.39, 0.29) is 71.2 Å². The molecule has 3 aliphatic carbocycles. The topological polar surface area (TPSA) is 246 Å². The summed E-state index contributed by atoms with van der Waals surface area (Å²) in [7, 11) is 2.29. The van der Waals surface area contributed by atoms with E-state index in [4.69, 9.17) is 13.6 Å². The first kappa shape index (κ1) is 43.1. The van der Waals surface area contributed by atoms with Crippen LogP contribution in [0.25, 0.3) is 22.8 Å². The van der Waals surface area contributed by atoms with Crippen LogP contribution < -0.4 is 30.7 Å². The van der Waals surface area contributed by atoms with Crippen molar-refractivity contribution in [1.82, 2.24) is 49.3 Å². The lowest BCUT2D eigenvalue weighted by atomic mass is 10.1. The fourth-order valence-electron chi connectivity index (χ4n) is 7.92. The van der Waals surface area contributed by atoms with Crippen molar-refractivity contribution >= 4 is 63.9 Å². The second kappa shape index (κ2) is 19.8. The average Bonchev–Trinajstić information content (AvgIpc) is 4.28. The summed E-state index contributed by atoms with van der Waals surface area (Å²) in [6.45, 7) is 4.57. The summed E-state index contributed by atoms with van der Waals surface area (Å²) in [5.41, 5.74) is 3.58. The molecule has 1 saturated heterocycles. The van der Waals surface area contributed by atoms with E-state index in [2.05, 4.69) is 51.4 Å². The molecule has 362 valence electrons. The van der Waals surface area contributed by atoms with Gasteiger partial charge in [-0.2, -0.15) is 10.2 Å². The Bertz CT molecular complexity index is 3110. The van der Waals surface area contributed by atoms with Gasteiger partial charge in [-0.3, -0.25) is 29.1 Å². The minimum atomic E-state index is -2.74. The van der Waals surface area contributed by atoms with Crippen LogP contribution in [0.3, 0.4) is 0 Å². The predicted octanol–water partition coefficient (Wildman–Crippen LogP) is 7.47. The molecule has 0 atom stereocenters. The number of anilines is 6. The molecule has 0 radical (unpaired) electrons. The lowest BCUT2D eigenvalue weighted by Gasteiger charge is -2.21. The largest absolute Gasteiger partial charge is 0.494 e. The summed E-state index contributed by atoms with van der Waals surface area (Å²) in [5, 5.41) is 20.6. The Morgan fingerprint density at radius 3 is 1.60 bits per heavy atom. The molecule has 1 aliphatic heterocycles. The third-order valence-corrected chi connectivity index (χ3v) is 12.1. The number of para-hydroxylation sites is 2. The van der Waals surface area contributed by atoms with Crippen LogP contribution in [0.2, 0.25) is 0 Å². The number of ether oxygens (including phenoxy) is 2. The van der Waals surface area contributed by atoms with E-state index in [1.54, 1.807) is 67.4 Å². The van der Waals surface area contributed by atoms with E-state index >= 15 is 0 Å². The zero-order valence-electron chi connectivity index (χ0n) is 42.2. The van der Waals surface area contributed by atoms with Gasteiger partial charge in [-0.15, -0.1) is 0 Å². The van der Waals surface area contributed by atoms with Gasteiger partial charge in [-0.1, -0.05) is 12.1 Å². The fraction of sp³-hybridized carbons (Fsp3) is 0.367. The highest BCUT2D eigenvalue weighted by molar-refractivity contribution is 6.07. The van der Waals surface area contributed by atoms with Crippen molar-refractivity contribution in [2.45, 2.75) is 58.4 Å². The number of carbonyl (C=O) groups is 5. The first-order valence-corrected chi connectivity index (χ1v) is 23.0. The van der Waals surface area contributed by atoms with E-state index < -0.39 is 13.1 Å². The van der Waals surface area contributed by atoms with Crippen molar-refractivity contribution in [3.63, 3.8) is 0 Å². The number of imide groups is 1. The van der Waals surface area contributed by atoms with Gasteiger partial charge in [0.25, 0.3) is 0 Å². The molecule has 70 heavy (non-hydrogen) atoms. The maximum atomic E-state index is 13.1. The first-order chi connectivity index (χ1) is 34.9. The van der Waals surface area contributed by atoms with Crippen LogP contribution in [0.1, 0.15) is 77.2 Å². The number of carbonyl (C=O) groups excluding carboxylic acids is 5. The Kier molecular flexibility index (Phi) is 12.2. The number of aromatic nitrogens is 8. The highest BCUT2D eigenvalue weighted by Gasteiger charge is 2.36. The minimum Gasteiger partial charge on any atom is -0.494 e. The van der Waals surface area contributed by atoms with Gasteiger partial charge in [0.1, 0.15) is 24.3 Å². The summed E-state index contributed by atoms with van der Waals surface area (Å²) >= 11 is 0. The molecule has 21 heteroatoms. The Hall–Kier alpha value is -8.23. The van der Waals surface area contributed by atoms with Gasteiger partial charge in [-0.25, -0.2) is 34.4 Å². The number of benzene rings is 2. The number of urea groups is 2. The number of hydrogen-bond acceptors (Lipinski definition) is 15. The number of hydrogen-bond donors (Lipinski definition) is 4. The van der Waals surface area contributed by atoms with Gasteiger partial charge in [0.05, 0.1) is 63.3 Å². The summed E-state index contributed by atoms with van der Waals surface area (Å²) in [5.74, 6) is 1.53. The second-order valence-electron chi connectivity index (χ2n) is 17.8. The predicted molar refractivity (Wildman–Crippen MR) is 259 cm³/mol. The lowest BCUT2D eigenvalue weighted by Crippen LogP contribution is -2.41. The molecule has 3 saturated carbocycles. The van der Waals surface area contributed by atoms with Crippen molar-refractivity contribution in [1.29, 1.82) is 0 Å². The summed E-state index contributed by atoms with van der Waals surface area (Å²) in [6.07, 6.45) is 11.0. The van der Waals surface area contributed by atoms with Crippen LogP contribution in [-0.2, 0) is 18.9 Å². The van der Waals surface area contributed by atoms with Crippen molar-refractivity contribution < 1.29 is 37.6 Å². The maximum absolute atomic E-state index is 13.1. The Morgan fingerprint density at radius 1 is 0.671 bits per heavy atom. The SMILES string of the molecule is COc1c(Nc2cc(NC(=O)N3CCN(C(C)C)C3=O)ncc2C(=O)C2CC2)cccc1-c1ncn(C)n1.[2H]C([2H])([2H])Oc1c(Nc2cc(NC(=O)C3CC3)ncc2C(=O)C2CC2)cccc1-c1ncn(C)n1. The number of aryl methyl sites for hydroxylation is 2. The van der Waals surface area contributed by atoms with E-state index in [1.165, 1.54) is 23.4 Å². The lowest BCUT2D eigenvalue weighted by molar-refractivity contribution is -0.117. The number of pyridine rings is 2. The van der Waals surface area contributed by atoms with Gasteiger partial charge >= 0.3 is 12.1 Å². The molecule has 0 spiro atoms. The maximum Gasteiger partial charge on any atom is 0.331 e. The van der Waals surface area contributed by atoms with Gasteiger partial charge in [-0.05, 0) is 76.6 Å². The molecule has 0 bridgehead atoms. The molecule has 5 amide bonds. The standard InChI is InChI=1S/C26H30N8O4.C23H24N6O3/c1-15(2)33-10-11-34(26(33)37)25(36)30-21-12-20(18(13-27-21)22(35)16-8-9-16)29-19-7-5-6-17(23(19)38-4)24-28-14-32(3)31-24;1-29-12-25-22(28-29)15-4-3-5-17(21(15)32-2)26-18-10-19(27-23(31)14-8-9-14)24-11-16(18)20(30)13-6-7-13/h5-7,12-16H,8-11H2,1-4H3,(H2,27,29,30,36);3-5,10-14H,6-9H2,1-2H3,(H2,24,26,27,31)/i;2D3. The number of nitrogens with one attached hydrogen (secondary N) is 4. The third kappa shape index (κ3) is 10.3. The molecule has 4 fully saturated rings. The second-order valence-corrected chi connectivity index (χ2v) is 17.8. The fourth-order valence-corrected chi connectivity index (χ4v) is 7.92. The molecule has 2 aromatic carbocycles. The highest BCUT2D eigenvalue weighted by Crippen LogP contribution is 2.42. The van der Waals surface area contributed by atoms with E-state index in [1.807, 2.05) is 32.0 Å². The molecule has 5 heterocycles. The minimum absolute atomic E-state index is 0.00558. The number of methoxy groups -OCH3 is 2. The highest BCUT2D eigenvalue weighted by atomic mass is 16.5. The number of Topliss-reactive ketones (excluding diaryl/α,β-unsaturated/α-hetero) is 2. The van der Waals surface area contributed by atoms with Crippen LogP contribution in [0.4, 0.5) is 44.0 Å². The third-order valence-electron chi connectivity index (χ3n) is 12.1. The average molecular weight is 954 g/mol. The van der Waals surface area contributed by atoms with Crippen molar-refractivity contribution in [2.75, 3.05) is 48.5 Å². The van der Waals surface area contributed by atoms with Gasteiger partial charge < -0.3 is 30.3 Å². The molecule has 21 nitrogen and oxygen atoms in total.